The lowest BCUT2D eigenvalue weighted by Gasteiger charge is -2.23. The van der Waals surface area contributed by atoms with Gasteiger partial charge in [-0.2, -0.15) is 0 Å². The SMILES string of the molecule is CC(CN(C)C(=O)NC1CC(=O)N(C2CC2c2ccccc2)C1)C(=O)O. The van der Waals surface area contributed by atoms with Crippen molar-refractivity contribution in [1.82, 2.24) is 15.1 Å². The van der Waals surface area contributed by atoms with Crippen LogP contribution < -0.4 is 5.32 Å². The third-order valence-corrected chi connectivity index (χ3v) is 5.19. The average Bonchev–Trinajstić information content (AvgIpc) is 3.32. The summed E-state index contributed by atoms with van der Waals surface area (Å²) in [5, 5.41) is 11.8. The van der Waals surface area contributed by atoms with Crippen molar-refractivity contribution in [3.8, 4) is 0 Å². The second kappa shape index (κ2) is 7.35. The van der Waals surface area contributed by atoms with Crippen LogP contribution in [0.15, 0.2) is 30.3 Å². The predicted molar refractivity (Wildman–Crippen MR) is 95.7 cm³/mol. The molecule has 1 aromatic rings. The van der Waals surface area contributed by atoms with Crippen molar-refractivity contribution in [2.45, 2.75) is 37.8 Å². The van der Waals surface area contributed by atoms with Crippen LogP contribution in [0.4, 0.5) is 4.79 Å². The lowest BCUT2D eigenvalue weighted by molar-refractivity contribution is -0.141. The minimum Gasteiger partial charge on any atom is -0.481 e. The number of carbonyl (C=O) groups excluding carboxylic acids is 2. The molecule has 7 nitrogen and oxygen atoms in total. The highest BCUT2D eigenvalue weighted by atomic mass is 16.4. The number of hydrogen-bond acceptors (Lipinski definition) is 3. The van der Waals surface area contributed by atoms with Gasteiger partial charge in [-0.25, -0.2) is 4.79 Å². The molecule has 140 valence electrons. The summed E-state index contributed by atoms with van der Waals surface area (Å²) in [5.41, 5.74) is 1.25. The minimum absolute atomic E-state index is 0.0697. The molecule has 3 rings (SSSR count). The second-order valence-electron chi connectivity index (χ2n) is 7.34. The highest BCUT2D eigenvalue weighted by Gasteiger charge is 2.48. The molecule has 3 amide bonds. The fraction of sp³-hybridized carbons (Fsp3) is 0.526. The van der Waals surface area contributed by atoms with Crippen LogP contribution in [0.25, 0.3) is 0 Å². The molecular weight excluding hydrogens is 334 g/mol. The fourth-order valence-electron chi connectivity index (χ4n) is 3.59. The zero-order valence-corrected chi connectivity index (χ0v) is 15.1. The molecule has 2 fully saturated rings. The molecule has 1 aromatic carbocycles. The molecule has 4 unspecified atom stereocenters. The number of likely N-dealkylation sites (tertiary alicyclic amines) is 1. The average molecular weight is 359 g/mol. The number of hydrogen-bond donors (Lipinski definition) is 2. The van der Waals surface area contributed by atoms with Crippen LogP contribution >= 0.6 is 0 Å². The van der Waals surface area contributed by atoms with E-state index in [0.29, 0.717) is 18.9 Å². The van der Waals surface area contributed by atoms with Crippen molar-refractivity contribution in [2.75, 3.05) is 20.1 Å². The number of urea groups is 1. The summed E-state index contributed by atoms with van der Waals surface area (Å²) in [5.74, 6) is -1.12. The highest BCUT2D eigenvalue weighted by molar-refractivity contribution is 5.82. The highest BCUT2D eigenvalue weighted by Crippen LogP contribution is 2.45. The monoisotopic (exact) mass is 359 g/mol. The van der Waals surface area contributed by atoms with Gasteiger partial charge in [0.15, 0.2) is 0 Å². The Bertz CT molecular complexity index is 693. The first-order chi connectivity index (χ1) is 12.4. The van der Waals surface area contributed by atoms with Gasteiger partial charge in [0.2, 0.25) is 5.91 Å². The first-order valence-electron chi connectivity index (χ1n) is 8.95. The Labute approximate surface area is 153 Å². The van der Waals surface area contributed by atoms with Crippen LogP contribution in [0.1, 0.15) is 31.2 Å². The largest absolute Gasteiger partial charge is 0.481 e. The fourth-order valence-corrected chi connectivity index (χ4v) is 3.59. The zero-order valence-electron chi connectivity index (χ0n) is 15.1. The van der Waals surface area contributed by atoms with E-state index in [4.69, 9.17) is 5.11 Å². The third kappa shape index (κ3) is 3.98. The number of rotatable bonds is 6. The molecule has 26 heavy (non-hydrogen) atoms. The maximum atomic E-state index is 12.3. The topological polar surface area (TPSA) is 90.0 Å². The summed E-state index contributed by atoms with van der Waals surface area (Å²) in [7, 11) is 1.57. The maximum absolute atomic E-state index is 12.3. The van der Waals surface area contributed by atoms with Gasteiger partial charge < -0.3 is 20.2 Å². The number of carboxylic acids is 1. The molecule has 2 aliphatic rings. The molecule has 1 aliphatic carbocycles. The second-order valence-corrected chi connectivity index (χ2v) is 7.34. The van der Waals surface area contributed by atoms with Gasteiger partial charge in [0.1, 0.15) is 0 Å². The lowest BCUT2D eigenvalue weighted by atomic mass is 10.1. The van der Waals surface area contributed by atoms with Gasteiger partial charge in [-0.15, -0.1) is 0 Å². The van der Waals surface area contributed by atoms with Crippen molar-refractivity contribution in [3.63, 3.8) is 0 Å². The van der Waals surface area contributed by atoms with Crippen molar-refractivity contribution >= 4 is 17.9 Å². The van der Waals surface area contributed by atoms with E-state index >= 15 is 0 Å². The van der Waals surface area contributed by atoms with Gasteiger partial charge >= 0.3 is 12.0 Å². The van der Waals surface area contributed by atoms with Gasteiger partial charge in [0, 0.05) is 38.5 Å². The summed E-state index contributed by atoms with van der Waals surface area (Å²) in [6.45, 7) is 2.20. The molecular formula is C19H25N3O4. The molecule has 7 heteroatoms. The first kappa shape index (κ1) is 18.2. The Morgan fingerprint density at radius 2 is 2.04 bits per heavy atom. The van der Waals surface area contributed by atoms with E-state index in [0.717, 1.165) is 6.42 Å². The predicted octanol–water partition coefficient (Wildman–Crippen LogP) is 1.51. The van der Waals surface area contributed by atoms with Crippen molar-refractivity contribution in [1.29, 1.82) is 0 Å². The number of aliphatic carboxylic acids is 1. The molecule has 0 bridgehead atoms. The molecule has 2 N–H and O–H groups in total. The van der Waals surface area contributed by atoms with E-state index in [9.17, 15) is 14.4 Å². The molecule has 0 radical (unpaired) electrons. The standard InChI is InChI=1S/C19H25N3O4/c1-12(18(24)25)10-21(2)19(26)20-14-8-17(23)22(11-14)16-9-15(16)13-6-4-3-5-7-13/h3-7,12,14-16H,8-11H2,1-2H3,(H,20,26)(H,24,25). The van der Waals surface area contributed by atoms with E-state index in [1.165, 1.54) is 10.5 Å². The quantitative estimate of drug-likeness (QED) is 0.806. The Balaban J connectivity index is 1.51. The van der Waals surface area contributed by atoms with Crippen LogP contribution in [0.2, 0.25) is 0 Å². The lowest BCUT2D eigenvalue weighted by Crippen LogP contribution is -2.46. The van der Waals surface area contributed by atoms with Crippen LogP contribution in [-0.2, 0) is 9.59 Å². The van der Waals surface area contributed by atoms with Crippen LogP contribution in [-0.4, -0.2) is 65.0 Å². The molecule has 1 aliphatic heterocycles. The summed E-state index contributed by atoms with van der Waals surface area (Å²) in [6, 6.07) is 9.82. The maximum Gasteiger partial charge on any atom is 0.317 e. The van der Waals surface area contributed by atoms with E-state index in [-0.39, 0.29) is 30.6 Å². The number of carboxylic acid groups (broad SMARTS) is 1. The van der Waals surface area contributed by atoms with Gasteiger partial charge in [0.05, 0.1) is 12.0 Å². The smallest absolute Gasteiger partial charge is 0.317 e. The summed E-state index contributed by atoms with van der Waals surface area (Å²) < 4.78 is 0. The van der Waals surface area contributed by atoms with Crippen molar-refractivity contribution in [3.05, 3.63) is 35.9 Å². The van der Waals surface area contributed by atoms with Crippen LogP contribution in [0.3, 0.4) is 0 Å². The summed E-state index contributed by atoms with van der Waals surface area (Å²) in [4.78, 5) is 38.7. The molecule has 1 heterocycles. The Kier molecular flexibility index (Phi) is 5.15. The van der Waals surface area contributed by atoms with Gasteiger partial charge in [-0.3, -0.25) is 9.59 Å². The number of amides is 3. The van der Waals surface area contributed by atoms with Gasteiger partial charge in [0.25, 0.3) is 0 Å². The van der Waals surface area contributed by atoms with Crippen molar-refractivity contribution < 1.29 is 19.5 Å². The van der Waals surface area contributed by atoms with E-state index in [1.54, 1.807) is 14.0 Å². The van der Waals surface area contributed by atoms with E-state index < -0.39 is 11.9 Å². The number of carbonyl (C=O) groups is 3. The number of nitrogens with zero attached hydrogens (tertiary/aromatic N) is 2. The van der Waals surface area contributed by atoms with Crippen LogP contribution in [0.5, 0.6) is 0 Å². The summed E-state index contributed by atoms with van der Waals surface area (Å²) >= 11 is 0. The molecule has 1 saturated carbocycles. The van der Waals surface area contributed by atoms with E-state index in [2.05, 4.69) is 17.4 Å². The van der Waals surface area contributed by atoms with Crippen molar-refractivity contribution in [2.24, 2.45) is 5.92 Å². The number of nitrogens with one attached hydrogen (secondary N) is 1. The van der Waals surface area contributed by atoms with Gasteiger partial charge in [-0.05, 0) is 12.0 Å². The summed E-state index contributed by atoms with van der Waals surface area (Å²) in [6.07, 6.45) is 1.26. The first-order valence-corrected chi connectivity index (χ1v) is 8.95. The van der Waals surface area contributed by atoms with Gasteiger partial charge in [-0.1, -0.05) is 37.3 Å². The zero-order chi connectivity index (χ0) is 18.8. The van der Waals surface area contributed by atoms with Crippen LogP contribution in [0, 0.1) is 5.92 Å². The molecule has 0 spiro atoms. The minimum atomic E-state index is -0.937. The molecule has 1 saturated heterocycles. The van der Waals surface area contributed by atoms with E-state index in [1.807, 2.05) is 23.1 Å². The Morgan fingerprint density at radius 3 is 2.69 bits per heavy atom. The molecule has 0 aromatic heterocycles. The number of benzene rings is 1. The third-order valence-electron chi connectivity index (χ3n) is 5.19. The Morgan fingerprint density at radius 1 is 1.35 bits per heavy atom. The Hall–Kier alpha value is -2.57. The molecule has 4 atom stereocenters. The normalized spacial score (nSPS) is 25.7.